The molecule has 0 radical (unpaired) electrons. The third-order valence-electron chi connectivity index (χ3n) is 4.44. The van der Waals surface area contributed by atoms with Crippen LogP contribution in [-0.4, -0.2) is 52.9 Å². The van der Waals surface area contributed by atoms with Crippen molar-refractivity contribution in [3.05, 3.63) is 0 Å². The van der Waals surface area contributed by atoms with Crippen LogP contribution in [0.25, 0.3) is 0 Å². The molecule has 3 aliphatic rings. The van der Waals surface area contributed by atoms with E-state index in [0.29, 0.717) is 18.3 Å². The van der Waals surface area contributed by atoms with Crippen molar-refractivity contribution in [3.63, 3.8) is 0 Å². The summed E-state index contributed by atoms with van der Waals surface area (Å²) in [4.78, 5) is 5.11. The Kier molecular flexibility index (Phi) is 1.56. The zero-order valence-corrected chi connectivity index (χ0v) is 8.24. The first-order valence-electron chi connectivity index (χ1n) is 5.45. The quantitative estimate of drug-likeness (QED) is 0.656. The maximum atomic E-state index is 9.24. The van der Waals surface area contributed by atoms with Crippen LogP contribution in [0.3, 0.4) is 0 Å². The smallest absolute Gasteiger partial charge is 0.0795 e. The van der Waals surface area contributed by atoms with Crippen LogP contribution in [0.2, 0.25) is 0 Å². The summed E-state index contributed by atoms with van der Waals surface area (Å²) in [7, 11) is 0. The lowest BCUT2D eigenvalue weighted by Crippen LogP contribution is -2.76. The van der Waals surface area contributed by atoms with Gasteiger partial charge in [0.05, 0.1) is 12.3 Å². The van der Waals surface area contributed by atoms with E-state index in [-0.39, 0.29) is 0 Å². The highest BCUT2D eigenvalue weighted by atomic mass is 16.3. The van der Waals surface area contributed by atoms with E-state index in [1.54, 1.807) is 0 Å². The molecule has 3 heteroatoms. The van der Waals surface area contributed by atoms with Crippen LogP contribution in [0, 0.1) is 5.92 Å². The molecule has 3 fully saturated rings. The van der Waals surface area contributed by atoms with Crippen LogP contribution in [0.1, 0.15) is 19.8 Å². The largest absolute Gasteiger partial charge is 0.395 e. The molecule has 0 amide bonds. The van der Waals surface area contributed by atoms with Gasteiger partial charge in [-0.2, -0.15) is 0 Å². The molecule has 0 bridgehead atoms. The third-order valence-corrected chi connectivity index (χ3v) is 4.44. The van der Waals surface area contributed by atoms with Crippen LogP contribution in [-0.2, 0) is 0 Å². The lowest BCUT2D eigenvalue weighted by Gasteiger charge is -2.65. The van der Waals surface area contributed by atoms with Gasteiger partial charge in [-0.1, -0.05) is 6.92 Å². The standard InChI is InChI=1S/C10H18N2O/c1-2-8-5-12-9(7-13)6-11-4-3-10(8,11)12/h8-9,13H,2-7H2,1H3. The molecule has 0 aliphatic carbocycles. The molecular formula is C10H18N2O. The summed E-state index contributed by atoms with van der Waals surface area (Å²) in [5.41, 5.74) is 0.419. The Balaban J connectivity index is 1.84. The van der Waals surface area contributed by atoms with E-state index in [0.717, 1.165) is 12.5 Å². The molecule has 0 aromatic rings. The lowest BCUT2D eigenvalue weighted by molar-refractivity contribution is -0.200. The number of aliphatic hydroxyl groups is 1. The number of hydrogen-bond acceptors (Lipinski definition) is 3. The molecule has 3 atom stereocenters. The lowest BCUT2D eigenvalue weighted by atomic mass is 9.73. The number of hydrogen-bond donors (Lipinski definition) is 1. The topological polar surface area (TPSA) is 26.7 Å². The van der Waals surface area contributed by atoms with Gasteiger partial charge in [-0.3, -0.25) is 9.80 Å². The predicted octanol–water partition coefficient (Wildman–Crippen LogP) is 0.105. The molecule has 3 aliphatic heterocycles. The molecule has 13 heavy (non-hydrogen) atoms. The summed E-state index contributed by atoms with van der Waals surface area (Å²) >= 11 is 0. The summed E-state index contributed by atoms with van der Waals surface area (Å²) in [6.07, 6.45) is 2.63. The number of rotatable bonds is 2. The Bertz CT molecular complexity index is 231. The zero-order valence-electron chi connectivity index (χ0n) is 8.24. The van der Waals surface area contributed by atoms with E-state index < -0.39 is 0 Å². The highest BCUT2D eigenvalue weighted by Gasteiger charge is 2.66. The molecule has 3 unspecified atom stereocenters. The molecule has 74 valence electrons. The van der Waals surface area contributed by atoms with Crippen molar-refractivity contribution in [2.45, 2.75) is 31.5 Å². The van der Waals surface area contributed by atoms with Gasteiger partial charge in [-0.15, -0.1) is 0 Å². The summed E-state index contributed by atoms with van der Waals surface area (Å²) in [5.74, 6) is 0.873. The van der Waals surface area contributed by atoms with Gasteiger partial charge < -0.3 is 5.11 Å². The average Bonchev–Trinajstić information content (AvgIpc) is 2.21. The van der Waals surface area contributed by atoms with Gasteiger partial charge in [-0.25, -0.2) is 0 Å². The van der Waals surface area contributed by atoms with Crippen molar-refractivity contribution in [3.8, 4) is 0 Å². The van der Waals surface area contributed by atoms with E-state index in [9.17, 15) is 5.11 Å². The van der Waals surface area contributed by atoms with Crippen molar-refractivity contribution in [1.82, 2.24) is 9.80 Å². The highest BCUT2D eigenvalue weighted by molar-refractivity contribution is 5.17. The fourth-order valence-corrected chi connectivity index (χ4v) is 3.63. The van der Waals surface area contributed by atoms with Crippen molar-refractivity contribution in [2.24, 2.45) is 5.92 Å². The van der Waals surface area contributed by atoms with E-state index in [1.807, 2.05) is 0 Å². The molecule has 1 N–H and O–H groups in total. The van der Waals surface area contributed by atoms with E-state index in [2.05, 4.69) is 16.7 Å². The van der Waals surface area contributed by atoms with Crippen molar-refractivity contribution < 1.29 is 5.11 Å². The maximum Gasteiger partial charge on any atom is 0.0795 e. The minimum Gasteiger partial charge on any atom is -0.395 e. The van der Waals surface area contributed by atoms with Crippen molar-refractivity contribution >= 4 is 0 Å². The van der Waals surface area contributed by atoms with Gasteiger partial charge in [0.1, 0.15) is 0 Å². The van der Waals surface area contributed by atoms with E-state index >= 15 is 0 Å². The van der Waals surface area contributed by atoms with Gasteiger partial charge in [0.15, 0.2) is 0 Å². The fraction of sp³-hybridized carbons (Fsp3) is 1.00. The molecule has 0 saturated carbocycles. The molecular weight excluding hydrogens is 164 g/mol. The summed E-state index contributed by atoms with van der Waals surface area (Å²) in [5, 5.41) is 9.24. The van der Waals surface area contributed by atoms with Crippen molar-refractivity contribution in [1.29, 1.82) is 0 Å². The van der Waals surface area contributed by atoms with Gasteiger partial charge in [0.2, 0.25) is 0 Å². The first kappa shape index (κ1) is 8.21. The Hall–Kier alpha value is -0.120. The summed E-state index contributed by atoms with van der Waals surface area (Å²) in [6.45, 7) is 6.21. The second kappa shape index (κ2) is 2.47. The Morgan fingerprint density at radius 3 is 2.85 bits per heavy atom. The first-order chi connectivity index (χ1) is 6.32. The highest BCUT2D eigenvalue weighted by Crippen LogP contribution is 2.54. The Morgan fingerprint density at radius 1 is 1.46 bits per heavy atom. The molecule has 3 rings (SSSR count). The molecule has 1 spiro atoms. The van der Waals surface area contributed by atoms with Crippen LogP contribution >= 0.6 is 0 Å². The van der Waals surface area contributed by atoms with Gasteiger partial charge >= 0.3 is 0 Å². The summed E-state index contributed by atoms with van der Waals surface area (Å²) < 4.78 is 0. The van der Waals surface area contributed by atoms with Crippen molar-refractivity contribution in [2.75, 3.05) is 26.2 Å². The Labute approximate surface area is 79.3 Å². The second-order valence-electron chi connectivity index (χ2n) is 4.67. The monoisotopic (exact) mass is 182 g/mol. The maximum absolute atomic E-state index is 9.24. The molecule has 3 heterocycles. The van der Waals surface area contributed by atoms with Crippen LogP contribution in [0.5, 0.6) is 0 Å². The SMILES string of the molecule is CCC1CN2C(CO)CN3CCC132. The zero-order chi connectivity index (χ0) is 9.05. The number of aliphatic hydroxyl groups excluding tert-OH is 1. The third kappa shape index (κ3) is 0.729. The minimum atomic E-state index is 0.342. The van der Waals surface area contributed by atoms with Crippen LogP contribution < -0.4 is 0 Å². The fourth-order valence-electron chi connectivity index (χ4n) is 3.63. The van der Waals surface area contributed by atoms with Gasteiger partial charge in [-0.05, 0) is 12.8 Å². The molecule has 3 nitrogen and oxygen atoms in total. The van der Waals surface area contributed by atoms with Gasteiger partial charge in [0.25, 0.3) is 0 Å². The second-order valence-corrected chi connectivity index (χ2v) is 4.67. The average molecular weight is 182 g/mol. The van der Waals surface area contributed by atoms with Crippen LogP contribution in [0.4, 0.5) is 0 Å². The number of nitrogens with zero attached hydrogens (tertiary/aromatic N) is 2. The normalized spacial score (nSPS) is 49.4. The molecule has 0 aromatic heterocycles. The van der Waals surface area contributed by atoms with Crippen LogP contribution in [0.15, 0.2) is 0 Å². The molecule has 0 aromatic carbocycles. The summed E-state index contributed by atoms with van der Waals surface area (Å²) in [6, 6.07) is 0.435. The Morgan fingerprint density at radius 2 is 2.31 bits per heavy atom. The predicted molar refractivity (Wildman–Crippen MR) is 50.3 cm³/mol. The minimum absolute atomic E-state index is 0.342. The van der Waals surface area contributed by atoms with Gasteiger partial charge in [0, 0.05) is 31.6 Å². The molecule has 3 saturated heterocycles. The first-order valence-corrected chi connectivity index (χ1v) is 5.45. The van der Waals surface area contributed by atoms with E-state index in [4.69, 9.17) is 0 Å². The van der Waals surface area contributed by atoms with E-state index in [1.165, 1.54) is 25.9 Å².